The van der Waals surface area contributed by atoms with Gasteiger partial charge in [-0.3, -0.25) is 0 Å². The van der Waals surface area contributed by atoms with Crippen molar-refractivity contribution in [1.82, 2.24) is 0 Å². The Bertz CT molecular complexity index is 2370. The molecule has 0 unspecified atom stereocenters. The largest absolute Gasteiger partial charge is 0.518 e. The first-order valence-corrected chi connectivity index (χ1v) is 33.9. The lowest BCUT2D eigenvalue weighted by molar-refractivity contribution is 0.266. The molecule has 0 aliphatic carbocycles. The van der Waals surface area contributed by atoms with E-state index < -0.39 is 17.1 Å². The molecule has 0 fully saturated rings. The Morgan fingerprint density at radius 2 is 0.549 bits per heavy atom. The highest BCUT2D eigenvalue weighted by Crippen LogP contribution is 2.59. The van der Waals surface area contributed by atoms with E-state index in [0.717, 1.165) is 87.8 Å². The summed E-state index contributed by atoms with van der Waals surface area (Å²) in [7, 11) is -6.47. The van der Waals surface area contributed by atoms with E-state index in [-0.39, 0.29) is 43.8 Å². The van der Waals surface area contributed by atoms with Crippen molar-refractivity contribution in [2.24, 2.45) is 0 Å². The summed E-state index contributed by atoms with van der Waals surface area (Å²) in [6, 6.07) is 19.3. The van der Waals surface area contributed by atoms with Gasteiger partial charge >= 0.3 is 17.1 Å². The summed E-state index contributed by atoms with van der Waals surface area (Å²) in [6.07, 6.45) is 6.68. The fourth-order valence-electron chi connectivity index (χ4n) is 9.75. The summed E-state index contributed by atoms with van der Waals surface area (Å²) in [4.78, 5) is 8.81. The summed E-state index contributed by atoms with van der Waals surface area (Å²) < 4.78 is 39.0. The van der Waals surface area contributed by atoms with Crippen molar-refractivity contribution in [3.8, 4) is 23.0 Å². The maximum Gasteiger partial charge on any atom is 0.396 e. The van der Waals surface area contributed by atoms with Gasteiger partial charge < -0.3 is 22.4 Å². The van der Waals surface area contributed by atoms with Crippen molar-refractivity contribution in [2.75, 3.05) is 13.2 Å². The zero-order valence-corrected chi connectivity index (χ0v) is 52.5. The lowest BCUT2D eigenvalue weighted by atomic mass is 9.87. The Morgan fingerprint density at radius 3 is 0.761 bits per heavy atom. The van der Waals surface area contributed by atoms with Gasteiger partial charge in [-0.05, 0) is 105 Å². The first-order valence-electron chi connectivity index (χ1n) is 26.7. The third-order valence-electron chi connectivity index (χ3n) is 14.5. The average molecular weight is 1070 g/mol. The van der Waals surface area contributed by atoms with Gasteiger partial charge in [-0.15, -0.1) is 0 Å². The molecule has 0 spiro atoms. The molecule has 390 valence electrons. The van der Waals surface area contributed by atoms with E-state index in [1.165, 1.54) is 35.1 Å². The molecule has 0 aromatic heterocycles. The molecule has 0 saturated carbocycles. The van der Waals surface area contributed by atoms with Gasteiger partial charge in [0.1, 0.15) is 23.0 Å². The van der Waals surface area contributed by atoms with Crippen molar-refractivity contribution in [3.05, 3.63) is 70.8 Å². The van der Waals surface area contributed by atoms with Crippen LogP contribution in [-0.2, 0) is 25.8 Å². The van der Waals surface area contributed by atoms with Crippen LogP contribution in [-0.4, -0.2) is 30.3 Å². The molecule has 11 heteroatoms. The normalized spacial score (nSPS) is 18.0. The highest BCUT2D eigenvalue weighted by atomic mass is 32.2. The molecule has 3 aliphatic heterocycles. The predicted molar refractivity (Wildman–Crippen MR) is 310 cm³/mol. The maximum absolute atomic E-state index is 8.26. The van der Waals surface area contributed by atoms with Gasteiger partial charge in [0, 0.05) is 22.2 Å². The van der Waals surface area contributed by atoms with Gasteiger partial charge in [-0.2, -0.15) is 0 Å². The van der Waals surface area contributed by atoms with Crippen molar-refractivity contribution in [3.63, 3.8) is 0 Å². The smallest absolute Gasteiger partial charge is 0.396 e. The minimum atomic E-state index is -3.24. The Morgan fingerprint density at radius 1 is 0.338 bits per heavy atom. The Balaban J connectivity index is 1.74. The molecule has 0 saturated heterocycles. The van der Waals surface area contributed by atoms with Crippen LogP contribution in [0.4, 0.5) is 0 Å². The molecule has 7 rings (SSSR count). The summed E-state index contributed by atoms with van der Waals surface area (Å²) in [5.74, 6) is 3.72. The van der Waals surface area contributed by atoms with Gasteiger partial charge in [0.2, 0.25) is 0 Å². The maximum atomic E-state index is 8.26. The Kier molecular flexibility index (Phi) is 17.1. The topological polar surface area (TPSA) is 46.2 Å². The molecule has 3 aliphatic rings. The van der Waals surface area contributed by atoms with Gasteiger partial charge in [0.15, 0.2) is 0 Å². The van der Waals surface area contributed by atoms with Crippen molar-refractivity contribution < 1.29 is 22.4 Å². The van der Waals surface area contributed by atoms with E-state index in [1.54, 1.807) is 0 Å². The van der Waals surface area contributed by atoms with Gasteiger partial charge in [-0.25, -0.2) is 0 Å². The van der Waals surface area contributed by atoms with Crippen molar-refractivity contribution >= 4 is 64.2 Å². The number of rotatable bonds is 4. The summed E-state index contributed by atoms with van der Waals surface area (Å²) >= 11 is 7.27. The second kappa shape index (κ2) is 21.5. The fourth-order valence-corrected chi connectivity index (χ4v) is 25.5. The highest BCUT2D eigenvalue weighted by molar-refractivity contribution is 8.01. The van der Waals surface area contributed by atoms with E-state index in [1.807, 2.05) is 47.0 Å². The van der Waals surface area contributed by atoms with Crippen LogP contribution < -0.4 is 18.3 Å². The lowest BCUT2D eigenvalue weighted by Gasteiger charge is -2.48. The molecule has 3 heterocycles. The molecule has 5 nitrogen and oxygen atoms in total. The lowest BCUT2D eigenvalue weighted by Crippen LogP contribution is -2.64. The first-order chi connectivity index (χ1) is 32.9. The van der Waals surface area contributed by atoms with Crippen LogP contribution in [0.5, 0.6) is 23.0 Å². The molecular weight excluding hydrogens is 985 g/mol. The van der Waals surface area contributed by atoms with Crippen LogP contribution in [0.25, 0.3) is 0 Å². The molecule has 0 atom stereocenters. The molecule has 0 radical (unpaired) electrons. The number of ether oxygens (including phenoxy) is 2. The third-order valence-corrected chi connectivity index (χ3v) is 28.7. The van der Waals surface area contributed by atoms with Crippen molar-refractivity contribution in [1.29, 1.82) is 0 Å². The minimum absolute atomic E-state index is 0.113. The van der Waals surface area contributed by atoms with Gasteiger partial charge in [-0.1, -0.05) is 211 Å². The van der Waals surface area contributed by atoms with E-state index in [0.29, 0.717) is 13.2 Å². The minimum Gasteiger partial charge on any atom is -0.518 e. The van der Waals surface area contributed by atoms with Crippen LogP contribution in [0.1, 0.15) is 199 Å². The second-order valence-corrected chi connectivity index (χ2v) is 38.9. The van der Waals surface area contributed by atoms with Crippen LogP contribution >= 0.6 is 47.0 Å². The van der Waals surface area contributed by atoms with E-state index in [4.69, 9.17) is 22.4 Å². The van der Waals surface area contributed by atoms with Crippen LogP contribution in [0.2, 0.25) is 22.2 Å². The van der Waals surface area contributed by atoms with E-state index in [9.17, 15) is 0 Å². The zero-order chi connectivity index (χ0) is 52.2. The Labute approximate surface area is 450 Å². The highest BCUT2D eigenvalue weighted by Gasteiger charge is 2.60. The molecule has 12 bridgehead atoms. The number of hydrogen-bond donors (Lipinski definition) is 0. The first kappa shape index (κ1) is 56.6. The van der Waals surface area contributed by atoms with Crippen LogP contribution in [0.15, 0.2) is 87.7 Å². The second-order valence-electron chi connectivity index (χ2n) is 25.8. The number of benzene rings is 4. The molecule has 0 amide bonds. The molecule has 4 aromatic carbocycles. The van der Waals surface area contributed by atoms with Crippen molar-refractivity contribution in [2.45, 2.75) is 260 Å². The monoisotopic (exact) mass is 1070 g/mol. The van der Waals surface area contributed by atoms with Gasteiger partial charge in [0.25, 0.3) is 0 Å². The molecule has 71 heavy (non-hydrogen) atoms. The Hall–Kier alpha value is -2.13. The fraction of sp³-hybridized carbons (Fsp3) is 0.600. The van der Waals surface area contributed by atoms with E-state index in [2.05, 4.69) is 187 Å². The van der Waals surface area contributed by atoms with Crippen LogP contribution in [0.3, 0.4) is 0 Å². The summed E-state index contributed by atoms with van der Waals surface area (Å²) in [5, 5.41) is 0. The summed E-state index contributed by atoms with van der Waals surface area (Å²) in [6.45, 7) is 48.0. The standard InChI is InChI=1S/C60H88O5S4Si2/c1-37(2)70(38(3)4)63-55-49-33-43(59(15,16)17)35-51(55)69-52-36-44(60(18,19)20)34-50(56(52)64-71(65-70,39(5)6)40(7)8)68-48-32-42(58(12,13)14)30-46-54(48)62-28-26-24-22-21-23-25-27-61-53-45(66-46)29-41(57(9,10)11)31-47(53)67-49/h29-40H,21-28H2,1-20H3. The zero-order valence-electron chi connectivity index (χ0n) is 47.3. The SMILES string of the molecule is CC(C)[Si]1(C(C)C)Oc2c3cc(C(C)(C)C)cc2Sc2cc(C(C)(C)C)cc(c2O[Si](C(C)C)(C(C)C)O1)Sc1cc(C(C)(C)C)cc2c1OCCCCCCCCOc1c(cc(C(C)(C)C)cc1S3)S2. The summed E-state index contributed by atoms with van der Waals surface area (Å²) in [5.41, 5.74) is 4.90. The molecule has 0 N–H and O–H groups in total. The average Bonchev–Trinajstić information content (AvgIpc) is 3.24. The molecular formula is C60H88O5S4Si2. The van der Waals surface area contributed by atoms with Gasteiger partial charge in [0.05, 0.1) is 52.4 Å². The third kappa shape index (κ3) is 12.3. The van der Waals surface area contributed by atoms with E-state index >= 15 is 0 Å². The van der Waals surface area contributed by atoms with Crippen LogP contribution in [0, 0.1) is 0 Å². The number of hydrogen-bond acceptors (Lipinski definition) is 9. The predicted octanol–water partition coefficient (Wildman–Crippen LogP) is 20.2. The quantitative estimate of drug-likeness (QED) is 0.164. The molecule has 4 aromatic rings.